The highest BCUT2D eigenvalue weighted by Gasteiger charge is 2.43. The molecule has 0 aliphatic carbocycles. The van der Waals surface area contributed by atoms with Gasteiger partial charge in [-0.25, -0.2) is 18.0 Å². The van der Waals surface area contributed by atoms with E-state index in [0.29, 0.717) is 11.1 Å². The van der Waals surface area contributed by atoms with Crippen molar-refractivity contribution in [2.45, 2.75) is 12.2 Å². The number of ether oxygens (including phenoxy) is 2. The molecule has 0 radical (unpaired) electrons. The first-order chi connectivity index (χ1) is 11.9. The molecule has 1 saturated heterocycles. The molecule has 2 unspecified atom stereocenters. The smallest absolute Gasteiger partial charge is 0.338 e. The summed E-state index contributed by atoms with van der Waals surface area (Å²) in [5.41, 5.74) is 0.611. The Morgan fingerprint density at radius 3 is 1.44 bits per heavy atom. The van der Waals surface area contributed by atoms with Crippen LogP contribution in [-0.4, -0.2) is 44.1 Å². The van der Waals surface area contributed by atoms with E-state index in [-0.39, 0.29) is 11.5 Å². The summed E-state index contributed by atoms with van der Waals surface area (Å²) in [7, 11) is -3.45. The molecule has 0 bridgehead atoms. The van der Waals surface area contributed by atoms with Crippen LogP contribution in [0.5, 0.6) is 0 Å². The van der Waals surface area contributed by atoms with Gasteiger partial charge in [-0.3, -0.25) is 0 Å². The van der Waals surface area contributed by atoms with E-state index in [2.05, 4.69) is 0 Å². The molecule has 1 aliphatic heterocycles. The Bertz CT molecular complexity index is 793. The molecular weight excluding hydrogens is 344 g/mol. The van der Waals surface area contributed by atoms with Crippen molar-refractivity contribution in [1.29, 1.82) is 0 Å². The first-order valence-corrected chi connectivity index (χ1v) is 9.49. The van der Waals surface area contributed by atoms with E-state index in [1.54, 1.807) is 60.7 Å². The molecule has 3 rings (SSSR count). The Balaban J connectivity index is 1.73. The average Bonchev–Trinajstić information content (AvgIpc) is 2.89. The van der Waals surface area contributed by atoms with Crippen molar-refractivity contribution in [3.63, 3.8) is 0 Å². The van der Waals surface area contributed by atoms with Gasteiger partial charge in [0, 0.05) is 0 Å². The van der Waals surface area contributed by atoms with Crippen LogP contribution in [-0.2, 0) is 19.3 Å². The van der Waals surface area contributed by atoms with E-state index in [9.17, 15) is 18.0 Å². The summed E-state index contributed by atoms with van der Waals surface area (Å²) in [5.74, 6) is -2.02. The molecule has 0 aromatic heterocycles. The zero-order chi connectivity index (χ0) is 17.9. The Kier molecular flexibility index (Phi) is 4.85. The summed E-state index contributed by atoms with van der Waals surface area (Å²) in [4.78, 5) is 24.3. The van der Waals surface area contributed by atoms with Crippen LogP contribution >= 0.6 is 0 Å². The van der Waals surface area contributed by atoms with Gasteiger partial charge in [0.2, 0.25) is 0 Å². The molecule has 25 heavy (non-hydrogen) atoms. The molecule has 0 N–H and O–H groups in total. The van der Waals surface area contributed by atoms with E-state index in [0.717, 1.165) is 0 Å². The molecule has 1 fully saturated rings. The van der Waals surface area contributed by atoms with E-state index in [4.69, 9.17) is 9.47 Å². The first kappa shape index (κ1) is 17.2. The minimum atomic E-state index is -3.45. The number of carbonyl (C=O) groups excluding carboxylic acids is 2. The summed E-state index contributed by atoms with van der Waals surface area (Å²) in [6.45, 7) is 0. The molecule has 1 aliphatic rings. The summed E-state index contributed by atoms with van der Waals surface area (Å²) in [5, 5.41) is 0. The number of carbonyl (C=O) groups is 2. The molecule has 1 heterocycles. The molecule has 130 valence electrons. The maximum absolute atomic E-state index is 12.2. The predicted octanol–water partition coefficient (Wildman–Crippen LogP) is 1.87. The molecule has 2 aromatic rings. The fourth-order valence-corrected chi connectivity index (χ4v) is 4.27. The van der Waals surface area contributed by atoms with Crippen molar-refractivity contribution in [3.8, 4) is 0 Å². The van der Waals surface area contributed by atoms with Crippen LogP contribution in [0.3, 0.4) is 0 Å². The second-order valence-corrected chi connectivity index (χ2v) is 7.85. The van der Waals surface area contributed by atoms with Crippen LogP contribution in [0.2, 0.25) is 0 Å². The Morgan fingerprint density at radius 1 is 0.720 bits per heavy atom. The van der Waals surface area contributed by atoms with Crippen LogP contribution in [0, 0.1) is 0 Å². The minimum Gasteiger partial charge on any atom is -0.454 e. The molecule has 2 atom stereocenters. The molecular formula is C18H16O6S. The SMILES string of the molecule is O=C(OC1CS(=O)(=O)CC1OC(=O)c1ccccc1)c1ccccc1. The second-order valence-electron chi connectivity index (χ2n) is 5.70. The topological polar surface area (TPSA) is 86.7 Å². The van der Waals surface area contributed by atoms with Gasteiger partial charge in [-0.05, 0) is 24.3 Å². The number of benzene rings is 2. The Labute approximate surface area is 145 Å². The van der Waals surface area contributed by atoms with Crippen LogP contribution in [0.15, 0.2) is 60.7 Å². The van der Waals surface area contributed by atoms with Crippen molar-refractivity contribution in [3.05, 3.63) is 71.8 Å². The standard InChI is InChI=1S/C18H16O6S/c19-17(13-7-3-1-4-8-13)23-15-11-25(21,22)12-16(15)24-18(20)14-9-5-2-6-10-14/h1-10,15-16H,11-12H2. The van der Waals surface area contributed by atoms with Gasteiger partial charge in [-0.2, -0.15) is 0 Å². The van der Waals surface area contributed by atoms with Gasteiger partial charge < -0.3 is 9.47 Å². The van der Waals surface area contributed by atoms with Crippen molar-refractivity contribution < 1.29 is 27.5 Å². The lowest BCUT2D eigenvalue weighted by Crippen LogP contribution is -2.34. The average molecular weight is 360 g/mol. The van der Waals surface area contributed by atoms with Crippen molar-refractivity contribution >= 4 is 21.8 Å². The number of esters is 2. The molecule has 0 spiro atoms. The van der Waals surface area contributed by atoms with Gasteiger partial charge in [0.15, 0.2) is 22.0 Å². The predicted molar refractivity (Wildman–Crippen MR) is 89.9 cm³/mol. The molecule has 2 aromatic carbocycles. The van der Waals surface area contributed by atoms with Crippen LogP contribution in [0.1, 0.15) is 20.7 Å². The van der Waals surface area contributed by atoms with E-state index >= 15 is 0 Å². The lowest BCUT2D eigenvalue weighted by molar-refractivity contribution is -0.0176. The van der Waals surface area contributed by atoms with Gasteiger partial charge >= 0.3 is 11.9 Å². The lowest BCUT2D eigenvalue weighted by Gasteiger charge is -2.19. The normalized spacial score (nSPS) is 21.4. The Morgan fingerprint density at radius 2 is 1.08 bits per heavy atom. The van der Waals surface area contributed by atoms with E-state index in [1.165, 1.54) is 0 Å². The van der Waals surface area contributed by atoms with Gasteiger partial charge in [-0.15, -0.1) is 0 Å². The maximum atomic E-state index is 12.2. The monoisotopic (exact) mass is 360 g/mol. The van der Waals surface area contributed by atoms with Gasteiger partial charge in [0.1, 0.15) is 0 Å². The van der Waals surface area contributed by atoms with Gasteiger partial charge in [0.25, 0.3) is 0 Å². The third-order valence-electron chi connectivity index (χ3n) is 3.79. The fraction of sp³-hybridized carbons (Fsp3) is 0.222. The molecule has 6 nitrogen and oxygen atoms in total. The van der Waals surface area contributed by atoms with Crippen molar-refractivity contribution in [1.82, 2.24) is 0 Å². The fourth-order valence-electron chi connectivity index (χ4n) is 2.56. The summed E-state index contributed by atoms with van der Waals surface area (Å²) in [6.07, 6.45) is -2.05. The number of hydrogen-bond acceptors (Lipinski definition) is 6. The number of sulfone groups is 1. The Hall–Kier alpha value is -2.67. The largest absolute Gasteiger partial charge is 0.454 e. The minimum absolute atomic E-state index is 0.305. The van der Waals surface area contributed by atoms with E-state index < -0.39 is 34.0 Å². The maximum Gasteiger partial charge on any atom is 0.338 e. The molecule has 0 saturated carbocycles. The van der Waals surface area contributed by atoms with Gasteiger partial charge in [0.05, 0.1) is 22.6 Å². The summed E-state index contributed by atoms with van der Waals surface area (Å²) in [6, 6.07) is 16.5. The van der Waals surface area contributed by atoms with Crippen molar-refractivity contribution in [2.24, 2.45) is 0 Å². The zero-order valence-electron chi connectivity index (χ0n) is 13.2. The van der Waals surface area contributed by atoms with Crippen LogP contribution in [0.4, 0.5) is 0 Å². The summed E-state index contributed by atoms with van der Waals surface area (Å²) < 4.78 is 34.4. The second kappa shape index (κ2) is 7.06. The third kappa shape index (κ3) is 4.24. The summed E-state index contributed by atoms with van der Waals surface area (Å²) >= 11 is 0. The van der Waals surface area contributed by atoms with Crippen LogP contribution < -0.4 is 0 Å². The quantitative estimate of drug-likeness (QED) is 0.774. The highest BCUT2D eigenvalue weighted by Crippen LogP contribution is 2.21. The number of hydrogen-bond donors (Lipinski definition) is 0. The molecule has 7 heteroatoms. The highest BCUT2D eigenvalue weighted by atomic mass is 32.2. The number of rotatable bonds is 4. The van der Waals surface area contributed by atoms with Crippen molar-refractivity contribution in [2.75, 3.05) is 11.5 Å². The molecule has 0 amide bonds. The zero-order valence-corrected chi connectivity index (χ0v) is 14.0. The first-order valence-electron chi connectivity index (χ1n) is 7.67. The van der Waals surface area contributed by atoms with E-state index in [1.807, 2.05) is 0 Å². The van der Waals surface area contributed by atoms with Gasteiger partial charge in [-0.1, -0.05) is 36.4 Å². The van der Waals surface area contributed by atoms with Crippen LogP contribution in [0.25, 0.3) is 0 Å². The highest BCUT2D eigenvalue weighted by molar-refractivity contribution is 7.91. The third-order valence-corrected chi connectivity index (χ3v) is 5.46. The lowest BCUT2D eigenvalue weighted by atomic mass is 10.2.